The summed E-state index contributed by atoms with van der Waals surface area (Å²) in [5.41, 5.74) is 5.08. The molecule has 148 valence electrons. The van der Waals surface area contributed by atoms with Crippen LogP contribution in [-0.4, -0.2) is 33.1 Å². The molecular weight excluding hydrogens is 360 g/mol. The molecule has 0 radical (unpaired) electrons. The Hall–Kier alpha value is -3.22. The standard InChI is InChI=1S/C21H24N2O5/c1-4-8-15-16(12-22-23-17(24)11-14-9-6-5-7-10-14)19(26-3)21-20(18(15)25-2)27-13-28-21/h5-7,9-10,12H,4,8,11,13H2,1-3H3,(H,23,24)/b22-12+. The predicted octanol–water partition coefficient (Wildman–Crippen LogP) is 3.08. The van der Waals surface area contributed by atoms with E-state index >= 15 is 0 Å². The van der Waals surface area contributed by atoms with Gasteiger partial charge in [0.1, 0.15) is 0 Å². The molecule has 7 nitrogen and oxygen atoms in total. The molecule has 0 atom stereocenters. The van der Waals surface area contributed by atoms with Crippen LogP contribution >= 0.6 is 0 Å². The lowest BCUT2D eigenvalue weighted by Gasteiger charge is -2.17. The summed E-state index contributed by atoms with van der Waals surface area (Å²) in [5.74, 6) is 1.93. The lowest BCUT2D eigenvalue weighted by atomic mass is 10.00. The molecule has 2 aromatic carbocycles. The van der Waals surface area contributed by atoms with Crippen LogP contribution in [0, 0.1) is 0 Å². The highest BCUT2D eigenvalue weighted by Gasteiger charge is 2.30. The fourth-order valence-electron chi connectivity index (χ4n) is 3.18. The fraction of sp³-hybridized carbons (Fsp3) is 0.333. The maximum absolute atomic E-state index is 12.2. The largest absolute Gasteiger partial charge is 0.492 e. The van der Waals surface area contributed by atoms with E-state index in [0.717, 1.165) is 24.0 Å². The number of hydrogen-bond acceptors (Lipinski definition) is 6. The van der Waals surface area contributed by atoms with Gasteiger partial charge in [0.15, 0.2) is 11.5 Å². The van der Waals surface area contributed by atoms with Gasteiger partial charge >= 0.3 is 0 Å². The van der Waals surface area contributed by atoms with Crippen molar-refractivity contribution in [3.63, 3.8) is 0 Å². The van der Waals surface area contributed by atoms with E-state index in [2.05, 4.69) is 17.5 Å². The second kappa shape index (κ2) is 9.12. The highest BCUT2D eigenvalue weighted by molar-refractivity contribution is 5.91. The third kappa shape index (κ3) is 4.03. The third-order valence-electron chi connectivity index (χ3n) is 4.37. The highest BCUT2D eigenvalue weighted by atomic mass is 16.7. The van der Waals surface area contributed by atoms with Crippen LogP contribution in [-0.2, 0) is 17.6 Å². The maximum Gasteiger partial charge on any atom is 0.244 e. The number of benzene rings is 2. The Morgan fingerprint density at radius 2 is 1.82 bits per heavy atom. The Labute approximate surface area is 164 Å². The van der Waals surface area contributed by atoms with E-state index in [1.165, 1.54) is 0 Å². The number of nitrogens with zero attached hydrogens (tertiary/aromatic N) is 1. The number of ether oxygens (including phenoxy) is 4. The summed E-state index contributed by atoms with van der Waals surface area (Å²) in [6, 6.07) is 9.50. The minimum atomic E-state index is -0.203. The van der Waals surface area contributed by atoms with Crippen LogP contribution in [0.4, 0.5) is 0 Å². The first-order valence-corrected chi connectivity index (χ1v) is 9.11. The number of rotatable bonds is 8. The van der Waals surface area contributed by atoms with Crippen LogP contribution in [0.1, 0.15) is 30.0 Å². The number of carbonyl (C=O) groups excluding carboxylic acids is 1. The summed E-state index contributed by atoms with van der Waals surface area (Å²) in [7, 11) is 3.15. The topological polar surface area (TPSA) is 78.4 Å². The van der Waals surface area contributed by atoms with Gasteiger partial charge in [-0.1, -0.05) is 43.7 Å². The number of amides is 1. The van der Waals surface area contributed by atoms with Crippen LogP contribution in [0.5, 0.6) is 23.0 Å². The maximum atomic E-state index is 12.2. The minimum Gasteiger partial charge on any atom is -0.492 e. The zero-order chi connectivity index (χ0) is 19.9. The molecule has 0 saturated carbocycles. The van der Waals surface area contributed by atoms with Gasteiger partial charge in [-0.15, -0.1) is 0 Å². The molecule has 0 unspecified atom stereocenters. The zero-order valence-corrected chi connectivity index (χ0v) is 16.3. The van der Waals surface area contributed by atoms with E-state index in [0.29, 0.717) is 28.6 Å². The molecule has 0 saturated heterocycles. The molecule has 1 amide bonds. The summed E-state index contributed by atoms with van der Waals surface area (Å²) >= 11 is 0. The van der Waals surface area contributed by atoms with Gasteiger partial charge < -0.3 is 18.9 Å². The predicted molar refractivity (Wildman–Crippen MR) is 106 cm³/mol. The third-order valence-corrected chi connectivity index (χ3v) is 4.37. The van der Waals surface area contributed by atoms with Crippen molar-refractivity contribution in [2.75, 3.05) is 21.0 Å². The Morgan fingerprint density at radius 3 is 2.46 bits per heavy atom. The molecule has 2 aromatic rings. The van der Waals surface area contributed by atoms with E-state index in [1.807, 2.05) is 30.3 Å². The average molecular weight is 384 g/mol. The van der Waals surface area contributed by atoms with Crippen molar-refractivity contribution in [2.45, 2.75) is 26.2 Å². The Balaban J connectivity index is 1.87. The lowest BCUT2D eigenvalue weighted by Crippen LogP contribution is -2.20. The van der Waals surface area contributed by atoms with Crippen LogP contribution in [0.3, 0.4) is 0 Å². The number of fused-ring (bicyclic) bond motifs is 1. The second-order valence-electron chi connectivity index (χ2n) is 6.23. The molecule has 1 heterocycles. The van der Waals surface area contributed by atoms with E-state index in [4.69, 9.17) is 18.9 Å². The summed E-state index contributed by atoms with van der Waals surface area (Å²) in [5, 5.41) is 4.13. The van der Waals surface area contributed by atoms with Crippen molar-refractivity contribution in [2.24, 2.45) is 5.10 Å². The Bertz CT molecular complexity index is 865. The highest BCUT2D eigenvalue weighted by Crippen LogP contribution is 2.51. The molecule has 1 aliphatic heterocycles. The van der Waals surface area contributed by atoms with Crippen molar-refractivity contribution in [1.82, 2.24) is 5.43 Å². The molecule has 0 spiro atoms. The fourth-order valence-corrected chi connectivity index (χ4v) is 3.18. The van der Waals surface area contributed by atoms with E-state index in [1.54, 1.807) is 20.4 Å². The van der Waals surface area contributed by atoms with Crippen molar-refractivity contribution >= 4 is 12.1 Å². The van der Waals surface area contributed by atoms with E-state index < -0.39 is 0 Å². The second-order valence-corrected chi connectivity index (χ2v) is 6.23. The van der Waals surface area contributed by atoms with Crippen LogP contribution in [0.2, 0.25) is 0 Å². The average Bonchev–Trinajstić information content (AvgIpc) is 3.18. The van der Waals surface area contributed by atoms with Gasteiger partial charge in [-0.3, -0.25) is 4.79 Å². The summed E-state index contributed by atoms with van der Waals surface area (Å²) in [6.07, 6.45) is 3.44. The van der Waals surface area contributed by atoms with Gasteiger partial charge in [0.2, 0.25) is 24.2 Å². The first-order valence-electron chi connectivity index (χ1n) is 9.11. The zero-order valence-electron chi connectivity index (χ0n) is 16.3. The normalized spacial score (nSPS) is 12.2. The van der Waals surface area contributed by atoms with E-state index in [-0.39, 0.29) is 19.1 Å². The quantitative estimate of drug-likeness (QED) is 0.559. The first kappa shape index (κ1) is 19.5. The molecule has 7 heteroatoms. The molecule has 3 rings (SSSR count). The van der Waals surface area contributed by atoms with Crippen molar-refractivity contribution in [3.05, 3.63) is 47.0 Å². The molecule has 0 aliphatic carbocycles. The Morgan fingerprint density at radius 1 is 1.14 bits per heavy atom. The van der Waals surface area contributed by atoms with Crippen LogP contribution < -0.4 is 24.4 Å². The number of nitrogens with one attached hydrogen (secondary N) is 1. The minimum absolute atomic E-state index is 0.0992. The van der Waals surface area contributed by atoms with E-state index in [9.17, 15) is 4.79 Å². The molecular formula is C21H24N2O5. The smallest absolute Gasteiger partial charge is 0.244 e. The lowest BCUT2D eigenvalue weighted by molar-refractivity contribution is -0.120. The summed E-state index contributed by atoms with van der Waals surface area (Å²) < 4.78 is 22.3. The SMILES string of the molecule is CCCc1c(/C=N/NC(=O)Cc2ccccc2)c(OC)c2c(c1OC)OCO2. The van der Waals surface area contributed by atoms with Crippen molar-refractivity contribution in [1.29, 1.82) is 0 Å². The number of methoxy groups -OCH3 is 2. The molecule has 0 fully saturated rings. The van der Waals surface area contributed by atoms with Gasteiger partial charge in [-0.05, 0) is 12.0 Å². The first-order chi connectivity index (χ1) is 13.7. The molecule has 1 aliphatic rings. The van der Waals surface area contributed by atoms with Gasteiger partial charge in [-0.25, -0.2) is 5.43 Å². The molecule has 1 N–H and O–H groups in total. The molecule has 0 aromatic heterocycles. The van der Waals surface area contributed by atoms with Crippen LogP contribution in [0.15, 0.2) is 35.4 Å². The van der Waals surface area contributed by atoms with Gasteiger partial charge in [-0.2, -0.15) is 5.10 Å². The van der Waals surface area contributed by atoms with Crippen molar-refractivity contribution < 1.29 is 23.7 Å². The van der Waals surface area contributed by atoms with Gasteiger partial charge in [0, 0.05) is 11.1 Å². The molecule has 0 bridgehead atoms. The van der Waals surface area contributed by atoms with Gasteiger partial charge in [0.25, 0.3) is 0 Å². The van der Waals surface area contributed by atoms with Gasteiger partial charge in [0.05, 0.1) is 26.9 Å². The number of carbonyl (C=O) groups is 1. The number of hydrogen-bond donors (Lipinski definition) is 1. The monoisotopic (exact) mass is 384 g/mol. The van der Waals surface area contributed by atoms with Crippen molar-refractivity contribution in [3.8, 4) is 23.0 Å². The van der Waals surface area contributed by atoms with Crippen LogP contribution in [0.25, 0.3) is 0 Å². The Kier molecular flexibility index (Phi) is 6.37. The summed E-state index contributed by atoms with van der Waals surface area (Å²) in [4.78, 5) is 12.2. The summed E-state index contributed by atoms with van der Waals surface area (Å²) in [6.45, 7) is 2.17. The molecule has 28 heavy (non-hydrogen) atoms. The number of hydrazone groups is 1.